The number of aromatic nitrogens is 3. The molecular weight excluding hydrogens is 380 g/mol. The maximum absolute atomic E-state index is 13.0. The van der Waals surface area contributed by atoms with Crippen molar-refractivity contribution in [3.63, 3.8) is 0 Å². The lowest BCUT2D eigenvalue weighted by molar-refractivity contribution is 0.409. The average Bonchev–Trinajstić information content (AvgIpc) is 2.84. The van der Waals surface area contributed by atoms with Gasteiger partial charge in [0.25, 0.3) is 5.56 Å². The Labute approximate surface area is 158 Å². The summed E-state index contributed by atoms with van der Waals surface area (Å²) in [7, 11) is 0. The topological polar surface area (TPSA) is 70.9 Å². The Hall–Kier alpha value is -2.75. The smallest absolute Gasteiger partial charge is 0.276 e. The minimum Gasteiger partial charge on any atom is -0.493 e. The lowest BCUT2D eigenvalue weighted by Gasteiger charge is -2.07. The first-order chi connectivity index (χ1) is 12.4. The standard InChI is InChI=1S/C18H12Cl2FN3O2/c1-2-3-10-6-13(19)15(14(20)7-10)16-17(25)23-24(18(16)26)9-12-5-4-11(21)8-22-12/h4-8,26H,9H2,1H3,(H,23,25). The van der Waals surface area contributed by atoms with Crippen molar-refractivity contribution in [3.05, 3.63) is 67.9 Å². The summed E-state index contributed by atoms with van der Waals surface area (Å²) in [5, 5.41) is 13.4. The van der Waals surface area contributed by atoms with E-state index < -0.39 is 11.4 Å². The molecule has 3 aromatic rings. The van der Waals surface area contributed by atoms with Gasteiger partial charge >= 0.3 is 0 Å². The van der Waals surface area contributed by atoms with Crippen molar-refractivity contribution >= 4 is 23.2 Å². The summed E-state index contributed by atoms with van der Waals surface area (Å²) in [6.07, 6.45) is 1.05. The van der Waals surface area contributed by atoms with Gasteiger partial charge in [0.2, 0.25) is 5.88 Å². The summed E-state index contributed by atoms with van der Waals surface area (Å²) in [5.74, 6) is 4.74. The minimum absolute atomic E-state index is 0.0377. The van der Waals surface area contributed by atoms with Crippen molar-refractivity contribution in [2.45, 2.75) is 13.5 Å². The minimum atomic E-state index is -0.567. The second-order valence-corrected chi connectivity index (χ2v) is 6.20. The molecule has 0 spiro atoms. The number of nitrogens with one attached hydrogen (secondary N) is 1. The van der Waals surface area contributed by atoms with Gasteiger partial charge in [-0.05, 0) is 31.2 Å². The molecule has 0 atom stereocenters. The van der Waals surface area contributed by atoms with Crippen LogP contribution in [0.5, 0.6) is 5.88 Å². The fourth-order valence-corrected chi connectivity index (χ4v) is 3.17. The van der Waals surface area contributed by atoms with Crippen molar-refractivity contribution in [1.29, 1.82) is 0 Å². The number of aromatic amines is 1. The van der Waals surface area contributed by atoms with Crippen LogP contribution in [0.25, 0.3) is 11.1 Å². The maximum atomic E-state index is 13.0. The van der Waals surface area contributed by atoms with E-state index in [1.165, 1.54) is 16.8 Å². The van der Waals surface area contributed by atoms with E-state index in [1.807, 2.05) is 0 Å². The Kier molecular flexibility index (Phi) is 5.03. The number of rotatable bonds is 3. The maximum Gasteiger partial charge on any atom is 0.276 e. The van der Waals surface area contributed by atoms with E-state index in [2.05, 4.69) is 21.9 Å². The summed E-state index contributed by atoms with van der Waals surface area (Å²) < 4.78 is 14.1. The third-order valence-corrected chi connectivity index (χ3v) is 4.21. The van der Waals surface area contributed by atoms with Gasteiger partial charge in [-0.3, -0.25) is 14.9 Å². The normalized spacial score (nSPS) is 10.5. The third-order valence-electron chi connectivity index (χ3n) is 3.61. The molecule has 3 rings (SSSR count). The highest BCUT2D eigenvalue weighted by Crippen LogP contribution is 2.38. The SMILES string of the molecule is CC#Cc1cc(Cl)c(-c2c(O)n(Cc3ccc(F)cn3)[nH]c2=O)c(Cl)c1. The molecule has 0 fully saturated rings. The molecule has 2 N–H and O–H groups in total. The highest BCUT2D eigenvalue weighted by molar-refractivity contribution is 6.39. The molecule has 132 valence electrons. The van der Waals surface area contributed by atoms with E-state index >= 15 is 0 Å². The average molecular weight is 392 g/mol. The van der Waals surface area contributed by atoms with Crippen LogP contribution in [0.15, 0.2) is 35.3 Å². The zero-order valence-corrected chi connectivity index (χ0v) is 15.0. The Balaban J connectivity index is 2.07. The van der Waals surface area contributed by atoms with Crippen LogP contribution in [0, 0.1) is 17.7 Å². The molecule has 0 aliphatic carbocycles. The van der Waals surface area contributed by atoms with Gasteiger partial charge in [-0.2, -0.15) is 0 Å². The number of pyridine rings is 1. The molecular formula is C18H12Cl2FN3O2. The van der Waals surface area contributed by atoms with Gasteiger partial charge in [-0.25, -0.2) is 9.07 Å². The van der Waals surface area contributed by atoms with Gasteiger partial charge in [0.1, 0.15) is 11.4 Å². The van der Waals surface area contributed by atoms with Crippen LogP contribution >= 0.6 is 23.2 Å². The Morgan fingerprint density at radius 1 is 1.27 bits per heavy atom. The molecule has 26 heavy (non-hydrogen) atoms. The Bertz CT molecular complexity index is 1070. The first kappa shape index (κ1) is 18.1. The lowest BCUT2D eigenvalue weighted by Crippen LogP contribution is -2.08. The lowest BCUT2D eigenvalue weighted by atomic mass is 10.1. The molecule has 0 aliphatic rings. The van der Waals surface area contributed by atoms with E-state index in [0.717, 1.165) is 6.20 Å². The van der Waals surface area contributed by atoms with E-state index in [4.69, 9.17) is 23.2 Å². The van der Waals surface area contributed by atoms with Crippen molar-refractivity contribution in [2.75, 3.05) is 0 Å². The van der Waals surface area contributed by atoms with Crippen LogP contribution in [0.1, 0.15) is 18.2 Å². The molecule has 0 aliphatic heterocycles. The van der Waals surface area contributed by atoms with Crippen LogP contribution < -0.4 is 5.56 Å². The second kappa shape index (κ2) is 7.24. The molecule has 0 radical (unpaired) electrons. The van der Waals surface area contributed by atoms with Crippen molar-refractivity contribution in [2.24, 2.45) is 0 Å². The van der Waals surface area contributed by atoms with Crippen LogP contribution in [-0.4, -0.2) is 19.9 Å². The molecule has 0 saturated heterocycles. The van der Waals surface area contributed by atoms with E-state index in [0.29, 0.717) is 11.3 Å². The first-order valence-corrected chi connectivity index (χ1v) is 8.20. The van der Waals surface area contributed by atoms with Gasteiger partial charge in [0.15, 0.2) is 0 Å². The van der Waals surface area contributed by atoms with E-state index in [-0.39, 0.29) is 33.6 Å². The molecule has 8 heteroatoms. The highest BCUT2D eigenvalue weighted by Gasteiger charge is 2.22. The van der Waals surface area contributed by atoms with Crippen molar-refractivity contribution in [1.82, 2.24) is 14.8 Å². The quantitative estimate of drug-likeness (QED) is 0.666. The molecule has 0 amide bonds. The van der Waals surface area contributed by atoms with Gasteiger partial charge in [0, 0.05) is 11.1 Å². The van der Waals surface area contributed by atoms with Crippen LogP contribution in [0.3, 0.4) is 0 Å². The summed E-state index contributed by atoms with van der Waals surface area (Å²) >= 11 is 12.5. The molecule has 1 aromatic carbocycles. The van der Waals surface area contributed by atoms with Crippen molar-refractivity contribution in [3.8, 4) is 28.8 Å². The van der Waals surface area contributed by atoms with Crippen LogP contribution in [0.2, 0.25) is 10.0 Å². The monoisotopic (exact) mass is 391 g/mol. The summed E-state index contributed by atoms with van der Waals surface area (Å²) in [5.41, 5.74) is 0.628. The fourth-order valence-electron chi connectivity index (χ4n) is 2.50. The number of H-pyrrole nitrogens is 1. The number of nitrogens with zero attached hydrogens (tertiary/aromatic N) is 2. The summed E-state index contributed by atoms with van der Waals surface area (Å²) in [6.45, 7) is 1.71. The van der Waals surface area contributed by atoms with Gasteiger partial charge in [0.05, 0.1) is 28.5 Å². The van der Waals surface area contributed by atoms with Gasteiger partial charge < -0.3 is 5.11 Å². The molecule has 0 saturated carbocycles. The molecule has 2 heterocycles. The van der Waals surface area contributed by atoms with Crippen molar-refractivity contribution < 1.29 is 9.50 Å². The van der Waals surface area contributed by atoms with E-state index in [9.17, 15) is 14.3 Å². The first-order valence-electron chi connectivity index (χ1n) is 7.45. The molecule has 2 aromatic heterocycles. The predicted molar refractivity (Wildman–Crippen MR) is 98.0 cm³/mol. The van der Waals surface area contributed by atoms with Gasteiger partial charge in [-0.15, -0.1) is 5.92 Å². The zero-order valence-electron chi connectivity index (χ0n) is 13.5. The Morgan fingerprint density at radius 2 is 1.96 bits per heavy atom. The van der Waals surface area contributed by atoms with E-state index in [1.54, 1.807) is 19.1 Å². The van der Waals surface area contributed by atoms with Crippen LogP contribution in [0.4, 0.5) is 4.39 Å². The summed E-state index contributed by atoms with van der Waals surface area (Å²) in [4.78, 5) is 16.3. The van der Waals surface area contributed by atoms with Crippen LogP contribution in [-0.2, 0) is 6.54 Å². The zero-order chi connectivity index (χ0) is 18.8. The number of hydrogen-bond acceptors (Lipinski definition) is 3. The number of aromatic hydroxyl groups is 1. The highest BCUT2D eigenvalue weighted by atomic mass is 35.5. The number of halogens is 3. The fraction of sp³-hybridized carbons (Fsp3) is 0.111. The molecule has 0 bridgehead atoms. The number of hydrogen-bond donors (Lipinski definition) is 2. The number of benzene rings is 1. The Morgan fingerprint density at radius 3 is 2.54 bits per heavy atom. The van der Waals surface area contributed by atoms with Gasteiger partial charge in [-0.1, -0.05) is 29.1 Å². The summed E-state index contributed by atoms with van der Waals surface area (Å²) in [6, 6.07) is 5.82. The second-order valence-electron chi connectivity index (χ2n) is 5.38. The largest absolute Gasteiger partial charge is 0.493 e. The molecule has 0 unspecified atom stereocenters. The molecule has 5 nitrogen and oxygen atoms in total. The third kappa shape index (κ3) is 3.45. The predicted octanol–water partition coefficient (Wildman–Crippen LogP) is 3.81.